The molecule has 4 N–H and O–H groups in total. The molecule has 0 aliphatic rings. The number of nitrogens with zero attached hydrogens (tertiary/aromatic N) is 2. The number of amides is 1. The second kappa shape index (κ2) is 13.5. The Kier molecular flexibility index (Phi) is 11.5. The molecule has 3 aromatic rings. The molecule has 0 unspecified atom stereocenters. The highest BCUT2D eigenvalue weighted by atomic mass is 35.5. The molecular formula is C23H28Cl2N4O6. The summed E-state index contributed by atoms with van der Waals surface area (Å²) in [6.45, 7) is 6.38. The van der Waals surface area contributed by atoms with Crippen LogP contribution in [0.2, 0.25) is 0 Å². The van der Waals surface area contributed by atoms with Gasteiger partial charge in [0.2, 0.25) is 5.89 Å². The van der Waals surface area contributed by atoms with Gasteiger partial charge in [-0.3, -0.25) is 4.79 Å². The smallest absolute Gasteiger partial charge is 0.354 e. The zero-order valence-electron chi connectivity index (χ0n) is 19.4. The van der Waals surface area contributed by atoms with Crippen LogP contribution in [0.25, 0.3) is 11.5 Å². The molecule has 1 atom stereocenters. The van der Waals surface area contributed by atoms with Crippen LogP contribution in [0.4, 0.5) is 0 Å². The van der Waals surface area contributed by atoms with Gasteiger partial charge in [0.1, 0.15) is 5.69 Å². The summed E-state index contributed by atoms with van der Waals surface area (Å²) in [4.78, 5) is 32.3. The molecule has 2 heterocycles. The van der Waals surface area contributed by atoms with Crippen LogP contribution in [0.1, 0.15) is 59.2 Å². The Labute approximate surface area is 215 Å². The minimum atomic E-state index is -1.15. The lowest BCUT2D eigenvalue weighted by atomic mass is 10.2. The Morgan fingerprint density at radius 2 is 1.77 bits per heavy atom. The standard InChI is InChI=1S/C23H26N4O6.2ClH/c1-4-31-17-10-9-14(11-18(17)32-5-2)22-27-19(20(33-22)13(3)24)21(28)25-12-15-7-6-8-16(26-15)23(29)30;;/h6-11,13H,4-5,12,24H2,1-3H3,(H,25,28)(H,29,30);2*1H/t13-;;/m0../s1. The van der Waals surface area contributed by atoms with Crippen LogP contribution in [0.15, 0.2) is 40.8 Å². The van der Waals surface area contributed by atoms with E-state index in [1.54, 1.807) is 37.3 Å². The van der Waals surface area contributed by atoms with E-state index >= 15 is 0 Å². The average molecular weight is 527 g/mol. The van der Waals surface area contributed by atoms with Crippen molar-refractivity contribution < 1.29 is 28.6 Å². The minimum Gasteiger partial charge on any atom is -0.490 e. The van der Waals surface area contributed by atoms with E-state index in [-0.39, 0.29) is 54.4 Å². The summed E-state index contributed by atoms with van der Waals surface area (Å²) >= 11 is 0. The molecule has 3 rings (SSSR count). The number of carbonyl (C=O) groups is 2. The largest absolute Gasteiger partial charge is 0.490 e. The zero-order valence-corrected chi connectivity index (χ0v) is 21.1. The summed E-state index contributed by atoms with van der Waals surface area (Å²) in [5, 5.41) is 11.8. The van der Waals surface area contributed by atoms with Gasteiger partial charge < -0.3 is 30.0 Å². The summed E-state index contributed by atoms with van der Waals surface area (Å²) in [5.74, 6) is -0.103. The molecule has 0 spiro atoms. The van der Waals surface area contributed by atoms with Crippen molar-refractivity contribution in [1.82, 2.24) is 15.3 Å². The molecule has 190 valence electrons. The topological polar surface area (TPSA) is 150 Å². The van der Waals surface area contributed by atoms with Crippen LogP contribution in [-0.2, 0) is 6.54 Å². The Bertz CT molecular complexity index is 1150. The first-order valence-corrected chi connectivity index (χ1v) is 10.5. The summed E-state index contributed by atoms with van der Waals surface area (Å²) in [5.41, 5.74) is 6.93. The third kappa shape index (κ3) is 7.32. The molecule has 0 saturated heterocycles. The molecule has 2 aromatic heterocycles. The van der Waals surface area contributed by atoms with E-state index in [2.05, 4.69) is 15.3 Å². The van der Waals surface area contributed by atoms with Gasteiger partial charge in [0.15, 0.2) is 23.0 Å². The molecule has 0 aliphatic heterocycles. The number of oxazole rings is 1. The SMILES string of the molecule is CCOc1ccc(-c2nc(C(=O)NCc3cccc(C(=O)O)n3)c([C@H](C)N)o2)cc1OCC.Cl.Cl. The predicted octanol–water partition coefficient (Wildman–Crippen LogP) is 4.03. The van der Waals surface area contributed by atoms with E-state index in [0.717, 1.165) is 0 Å². The van der Waals surface area contributed by atoms with E-state index in [1.807, 2.05) is 13.8 Å². The maximum atomic E-state index is 12.8. The molecule has 0 bridgehead atoms. The number of benzene rings is 1. The lowest BCUT2D eigenvalue weighted by Gasteiger charge is -2.11. The van der Waals surface area contributed by atoms with Crippen molar-refractivity contribution in [1.29, 1.82) is 0 Å². The van der Waals surface area contributed by atoms with Gasteiger partial charge in [-0.05, 0) is 51.1 Å². The lowest BCUT2D eigenvalue weighted by molar-refractivity contribution is 0.0690. The van der Waals surface area contributed by atoms with E-state index in [9.17, 15) is 9.59 Å². The van der Waals surface area contributed by atoms with Gasteiger partial charge in [0.05, 0.1) is 31.5 Å². The number of ether oxygens (including phenoxy) is 2. The van der Waals surface area contributed by atoms with E-state index in [1.165, 1.54) is 6.07 Å². The number of carboxylic acids is 1. The quantitative estimate of drug-likeness (QED) is 0.355. The first-order chi connectivity index (χ1) is 15.8. The first kappa shape index (κ1) is 29.7. The Morgan fingerprint density at radius 3 is 2.40 bits per heavy atom. The number of carboxylic acid groups (broad SMARTS) is 1. The van der Waals surface area contributed by atoms with Crippen molar-refractivity contribution in [2.45, 2.75) is 33.4 Å². The van der Waals surface area contributed by atoms with Crippen molar-refractivity contribution in [2.75, 3.05) is 13.2 Å². The van der Waals surface area contributed by atoms with Crippen LogP contribution in [0.3, 0.4) is 0 Å². The number of halogens is 2. The number of aromatic carboxylic acids is 1. The van der Waals surface area contributed by atoms with Gasteiger partial charge in [0.25, 0.3) is 5.91 Å². The molecule has 12 heteroatoms. The number of nitrogens with two attached hydrogens (primary N) is 1. The molecule has 10 nitrogen and oxygen atoms in total. The van der Waals surface area contributed by atoms with Crippen LogP contribution in [-0.4, -0.2) is 40.2 Å². The normalized spacial score (nSPS) is 11.0. The number of aromatic nitrogens is 2. The zero-order chi connectivity index (χ0) is 24.0. The molecule has 0 fully saturated rings. The van der Waals surface area contributed by atoms with Gasteiger partial charge in [-0.25, -0.2) is 14.8 Å². The molecule has 0 saturated carbocycles. The van der Waals surface area contributed by atoms with Gasteiger partial charge in [-0.2, -0.15) is 0 Å². The number of hydrogen-bond donors (Lipinski definition) is 3. The molecule has 1 amide bonds. The van der Waals surface area contributed by atoms with Crippen molar-refractivity contribution >= 4 is 36.7 Å². The lowest BCUT2D eigenvalue weighted by Crippen LogP contribution is -2.26. The predicted molar refractivity (Wildman–Crippen MR) is 134 cm³/mol. The average Bonchev–Trinajstić information content (AvgIpc) is 3.25. The summed E-state index contributed by atoms with van der Waals surface area (Å²) < 4.78 is 17.1. The minimum absolute atomic E-state index is 0. The molecule has 35 heavy (non-hydrogen) atoms. The summed E-state index contributed by atoms with van der Waals surface area (Å²) in [7, 11) is 0. The van der Waals surface area contributed by atoms with Crippen molar-refractivity contribution in [3.63, 3.8) is 0 Å². The Morgan fingerprint density at radius 1 is 1.09 bits per heavy atom. The van der Waals surface area contributed by atoms with Gasteiger partial charge in [-0.15, -0.1) is 24.8 Å². The fraction of sp³-hybridized carbons (Fsp3) is 0.304. The number of hydrogen-bond acceptors (Lipinski definition) is 8. The van der Waals surface area contributed by atoms with Crippen LogP contribution in [0.5, 0.6) is 11.5 Å². The fourth-order valence-corrected chi connectivity index (χ4v) is 3.06. The highest BCUT2D eigenvalue weighted by Gasteiger charge is 2.24. The van der Waals surface area contributed by atoms with Crippen molar-refractivity contribution in [3.05, 3.63) is 59.2 Å². The third-order valence-corrected chi connectivity index (χ3v) is 4.53. The number of carbonyl (C=O) groups excluding carboxylic acids is 1. The summed E-state index contributed by atoms with van der Waals surface area (Å²) in [6.07, 6.45) is 0. The molecule has 0 aliphatic carbocycles. The van der Waals surface area contributed by atoms with Gasteiger partial charge in [0, 0.05) is 5.56 Å². The van der Waals surface area contributed by atoms with Crippen LogP contribution >= 0.6 is 24.8 Å². The highest BCUT2D eigenvalue weighted by Crippen LogP contribution is 2.34. The second-order valence-electron chi connectivity index (χ2n) is 7.05. The van der Waals surface area contributed by atoms with E-state index in [4.69, 9.17) is 24.7 Å². The molecule has 0 radical (unpaired) electrons. The third-order valence-electron chi connectivity index (χ3n) is 4.53. The van der Waals surface area contributed by atoms with Gasteiger partial charge >= 0.3 is 5.97 Å². The molecule has 1 aromatic carbocycles. The second-order valence-corrected chi connectivity index (χ2v) is 7.05. The monoisotopic (exact) mass is 526 g/mol. The van der Waals surface area contributed by atoms with Crippen LogP contribution in [0, 0.1) is 0 Å². The highest BCUT2D eigenvalue weighted by molar-refractivity contribution is 5.94. The van der Waals surface area contributed by atoms with Crippen LogP contribution < -0.4 is 20.5 Å². The molecular weight excluding hydrogens is 499 g/mol. The number of nitrogens with one attached hydrogen (secondary N) is 1. The first-order valence-electron chi connectivity index (χ1n) is 10.5. The summed E-state index contributed by atoms with van der Waals surface area (Å²) in [6, 6.07) is 9.19. The maximum absolute atomic E-state index is 12.8. The van der Waals surface area contributed by atoms with E-state index in [0.29, 0.717) is 36.0 Å². The van der Waals surface area contributed by atoms with Gasteiger partial charge in [-0.1, -0.05) is 6.07 Å². The Balaban J connectivity index is 0.00000306. The van der Waals surface area contributed by atoms with E-state index < -0.39 is 17.9 Å². The maximum Gasteiger partial charge on any atom is 0.354 e. The Hall–Kier alpha value is -3.34. The number of rotatable bonds is 10. The van der Waals surface area contributed by atoms with Crippen molar-refractivity contribution in [2.24, 2.45) is 5.73 Å². The number of pyridine rings is 1. The van der Waals surface area contributed by atoms with Crippen molar-refractivity contribution in [3.8, 4) is 23.0 Å². The fourth-order valence-electron chi connectivity index (χ4n) is 3.06.